The molecule has 1 atom stereocenters. The highest BCUT2D eigenvalue weighted by atomic mass is 16.5. The SMILES string of the molecule is CC(NC(=O)c1ccon1)C1CC1. The highest BCUT2D eigenvalue weighted by Crippen LogP contribution is 2.32. The first-order valence-corrected chi connectivity index (χ1v) is 4.48. The van der Waals surface area contributed by atoms with Crippen molar-refractivity contribution in [2.24, 2.45) is 5.92 Å². The van der Waals surface area contributed by atoms with E-state index in [2.05, 4.69) is 15.0 Å². The molecule has 0 aliphatic heterocycles. The lowest BCUT2D eigenvalue weighted by atomic mass is 10.2. The molecule has 4 nitrogen and oxygen atoms in total. The molecule has 1 aliphatic carbocycles. The number of nitrogens with one attached hydrogen (secondary N) is 1. The average molecular weight is 180 g/mol. The molecular weight excluding hydrogens is 168 g/mol. The fourth-order valence-corrected chi connectivity index (χ4v) is 1.32. The monoisotopic (exact) mass is 180 g/mol. The lowest BCUT2D eigenvalue weighted by Crippen LogP contribution is -2.34. The van der Waals surface area contributed by atoms with Gasteiger partial charge in [-0.1, -0.05) is 5.16 Å². The van der Waals surface area contributed by atoms with Gasteiger partial charge in [0.2, 0.25) is 0 Å². The third kappa shape index (κ3) is 1.88. The van der Waals surface area contributed by atoms with E-state index in [4.69, 9.17) is 0 Å². The Morgan fingerprint density at radius 1 is 1.77 bits per heavy atom. The van der Waals surface area contributed by atoms with E-state index in [1.165, 1.54) is 19.1 Å². The summed E-state index contributed by atoms with van der Waals surface area (Å²) in [4.78, 5) is 11.4. The van der Waals surface area contributed by atoms with Crippen LogP contribution in [-0.4, -0.2) is 17.1 Å². The molecule has 0 spiro atoms. The molecule has 0 aromatic carbocycles. The van der Waals surface area contributed by atoms with Crippen molar-refractivity contribution in [2.45, 2.75) is 25.8 Å². The van der Waals surface area contributed by atoms with Gasteiger partial charge in [-0.25, -0.2) is 0 Å². The molecule has 0 bridgehead atoms. The van der Waals surface area contributed by atoms with Crippen LogP contribution in [0, 0.1) is 5.92 Å². The molecule has 1 heterocycles. The number of aromatic nitrogens is 1. The predicted molar refractivity (Wildman–Crippen MR) is 46.2 cm³/mol. The summed E-state index contributed by atoms with van der Waals surface area (Å²) in [5.74, 6) is 0.518. The zero-order valence-electron chi connectivity index (χ0n) is 7.49. The van der Waals surface area contributed by atoms with Gasteiger partial charge in [0.05, 0.1) is 0 Å². The Bertz CT molecular complexity index is 291. The van der Waals surface area contributed by atoms with Crippen molar-refractivity contribution >= 4 is 5.91 Å². The normalized spacial score (nSPS) is 18.2. The van der Waals surface area contributed by atoms with Crippen LogP contribution >= 0.6 is 0 Å². The number of carbonyl (C=O) groups excluding carboxylic acids is 1. The maximum atomic E-state index is 11.4. The molecule has 0 radical (unpaired) electrons. The number of hydrogen-bond donors (Lipinski definition) is 1. The Morgan fingerprint density at radius 2 is 2.54 bits per heavy atom. The minimum absolute atomic E-state index is 0.145. The van der Waals surface area contributed by atoms with Gasteiger partial charge in [0, 0.05) is 12.1 Å². The predicted octanol–water partition coefficient (Wildman–Crippen LogP) is 1.20. The van der Waals surface area contributed by atoms with Crippen LogP contribution in [-0.2, 0) is 0 Å². The van der Waals surface area contributed by atoms with E-state index in [0.717, 1.165) is 0 Å². The van der Waals surface area contributed by atoms with Crippen LogP contribution in [0.4, 0.5) is 0 Å². The van der Waals surface area contributed by atoms with Crippen LogP contribution in [0.1, 0.15) is 30.3 Å². The Morgan fingerprint density at radius 3 is 3.08 bits per heavy atom. The summed E-state index contributed by atoms with van der Waals surface area (Å²) in [6.45, 7) is 2.02. The summed E-state index contributed by atoms with van der Waals surface area (Å²) in [6.07, 6.45) is 3.84. The van der Waals surface area contributed by atoms with E-state index >= 15 is 0 Å². The molecule has 1 unspecified atom stereocenters. The van der Waals surface area contributed by atoms with E-state index in [-0.39, 0.29) is 11.9 Å². The molecule has 1 fully saturated rings. The van der Waals surface area contributed by atoms with E-state index in [1.807, 2.05) is 6.92 Å². The van der Waals surface area contributed by atoms with Gasteiger partial charge in [-0.2, -0.15) is 0 Å². The van der Waals surface area contributed by atoms with E-state index < -0.39 is 0 Å². The van der Waals surface area contributed by atoms with Gasteiger partial charge in [-0.15, -0.1) is 0 Å². The lowest BCUT2D eigenvalue weighted by molar-refractivity contribution is 0.0926. The molecule has 1 aromatic heterocycles. The standard InChI is InChI=1S/C9H12N2O2/c1-6(7-2-3-7)10-9(12)8-4-5-13-11-8/h4-7H,2-3H2,1H3,(H,10,12). The van der Waals surface area contributed by atoms with Gasteiger partial charge in [0.1, 0.15) is 6.26 Å². The van der Waals surface area contributed by atoms with Gasteiger partial charge in [-0.05, 0) is 25.7 Å². The van der Waals surface area contributed by atoms with Crippen LogP contribution in [0.3, 0.4) is 0 Å². The van der Waals surface area contributed by atoms with Crippen molar-refractivity contribution < 1.29 is 9.32 Å². The topological polar surface area (TPSA) is 55.1 Å². The van der Waals surface area contributed by atoms with E-state index in [1.54, 1.807) is 6.07 Å². The summed E-state index contributed by atoms with van der Waals surface area (Å²) in [7, 11) is 0. The summed E-state index contributed by atoms with van der Waals surface area (Å²) >= 11 is 0. The van der Waals surface area contributed by atoms with Gasteiger partial charge in [-0.3, -0.25) is 4.79 Å². The number of carbonyl (C=O) groups is 1. The second-order valence-electron chi connectivity index (χ2n) is 3.48. The maximum Gasteiger partial charge on any atom is 0.273 e. The first kappa shape index (κ1) is 8.29. The van der Waals surface area contributed by atoms with Crippen LogP contribution < -0.4 is 5.32 Å². The minimum atomic E-state index is -0.145. The number of amides is 1. The lowest BCUT2D eigenvalue weighted by Gasteiger charge is -2.10. The van der Waals surface area contributed by atoms with Crippen molar-refractivity contribution in [3.63, 3.8) is 0 Å². The highest BCUT2D eigenvalue weighted by molar-refractivity contribution is 5.92. The second-order valence-corrected chi connectivity index (χ2v) is 3.48. The smallest absolute Gasteiger partial charge is 0.273 e. The molecule has 4 heteroatoms. The number of rotatable bonds is 3. The number of hydrogen-bond acceptors (Lipinski definition) is 3. The first-order valence-electron chi connectivity index (χ1n) is 4.48. The van der Waals surface area contributed by atoms with Crippen molar-refractivity contribution in [3.05, 3.63) is 18.0 Å². The third-order valence-corrected chi connectivity index (χ3v) is 2.36. The molecule has 1 aliphatic rings. The van der Waals surface area contributed by atoms with Crippen molar-refractivity contribution in [1.29, 1.82) is 0 Å². The summed E-state index contributed by atoms with van der Waals surface area (Å²) in [6, 6.07) is 1.82. The first-order chi connectivity index (χ1) is 6.27. The molecule has 1 aromatic rings. The van der Waals surface area contributed by atoms with Gasteiger partial charge < -0.3 is 9.84 Å². The molecule has 70 valence electrons. The zero-order valence-corrected chi connectivity index (χ0v) is 7.49. The summed E-state index contributed by atoms with van der Waals surface area (Å²) in [5, 5.41) is 6.44. The molecule has 0 saturated heterocycles. The van der Waals surface area contributed by atoms with Gasteiger partial charge in [0.25, 0.3) is 5.91 Å². The molecule has 1 saturated carbocycles. The largest absolute Gasteiger partial charge is 0.364 e. The molecule has 13 heavy (non-hydrogen) atoms. The molecular formula is C9H12N2O2. The second kappa shape index (κ2) is 3.20. The van der Waals surface area contributed by atoms with Crippen LogP contribution in [0.2, 0.25) is 0 Å². The fraction of sp³-hybridized carbons (Fsp3) is 0.556. The molecule has 1 N–H and O–H groups in total. The van der Waals surface area contributed by atoms with Crippen LogP contribution in [0.15, 0.2) is 16.9 Å². The third-order valence-electron chi connectivity index (χ3n) is 2.36. The van der Waals surface area contributed by atoms with E-state index in [0.29, 0.717) is 11.6 Å². The number of nitrogens with zero attached hydrogens (tertiary/aromatic N) is 1. The molecule has 1 amide bonds. The average Bonchev–Trinajstić information content (AvgIpc) is 2.81. The Kier molecular flexibility index (Phi) is 2.04. The summed E-state index contributed by atoms with van der Waals surface area (Å²) in [5.41, 5.74) is 0.354. The van der Waals surface area contributed by atoms with Gasteiger partial charge in [0.15, 0.2) is 5.69 Å². The highest BCUT2D eigenvalue weighted by Gasteiger charge is 2.29. The molecule has 2 rings (SSSR count). The Labute approximate surface area is 76.3 Å². The van der Waals surface area contributed by atoms with Crippen molar-refractivity contribution in [3.8, 4) is 0 Å². The fourth-order valence-electron chi connectivity index (χ4n) is 1.32. The van der Waals surface area contributed by atoms with Crippen LogP contribution in [0.25, 0.3) is 0 Å². The van der Waals surface area contributed by atoms with E-state index in [9.17, 15) is 4.79 Å². The Balaban J connectivity index is 1.91. The Hall–Kier alpha value is -1.32. The zero-order chi connectivity index (χ0) is 9.26. The minimum Gasteiger partial charge on any atom is -0.364 e. The summed E-state index contributed by atoms with van der Waals surface area (Å²) < 4.78 is 4.58. The quantitative estimate of drug-likeness (QED) is 0.760. The maximum absolute atomic E-state index is 11.4. The van der Waals surface area contributed by atoms with Gasteiger partial charge >= 0.3 is 0 Å². The van der Waals surface area contributed by atoms with Crippen LogP contribution in [0.5, 0.6) is 0 Å². The van der Waals surface area contributed by atoms with Crippen molar-refractivity contribution in [2.75, 3.05) is 0 Å². The van der Waals surface area contributed by atoms with Crippen molar-refractivity contribution in [1.82, 2.24) is 10.5 Å².